The molecule has 2 aromatic rings. The Labute approximate surface area is 130 Å². The summed E-state index contributed by atoms with van der Waals surface area (Å²) >= 11 is 11.8. The molecule has 8 heteroatoms. The number of aromatic nitrogens is 1. The normalized spacial score (nSPS) is 11.2. The van der Waals surface area contributed by atoms with Crippen molar-refractivity contribution in [3.8, 4) is 0 Å². The molecule has 1 heterocycles. The van der Waals surface area contributed by atoms with Crippen LogP contribution in [0.3, 0.4) is 0 Å². The SMILES string of the molecule is NC(=NO)c1ccc(C(=O)Nc2cc(Cl)ccc2Cl)nc1. The van der Waals surface area contributed by atoms with Gasteiger partial charge in [0.25, 0.3) is 5.91 Å². The van der Waals surface area contributed by atoms with Gasteiger partial charge in [-0.3, -0.25) is 9.78 Å². The maximum Gasteiger partial charge on any atom is 0.274 e. The smallest absolute Gasteiger partial charge is 0.274 e. The quantitative estimate of drug-likeness (QED) is 0.349. The number of hydrogen-bond donors (Lipinski definition) is 3. The van der Waals surface area contributed by atoms with Gasteiger partial charge in [0, 0.05) is 16.8 Å². The predicted octanol–water partition coefficient (Wildman–Crippen LogP) is 2.74. The van der Waals surface area contributed by atoms with Gasteiger partial charge >= 0.3 is 0 Å². The van der Waals surface area contributed by atoms with Crippen molar-refractivity contribution in [1.29, 1.82) is 0 Å². The molecule has 0 saturated heterocycles. The number of benzene rings is 1. The van der Waals surface area contributed by atoms with Gasteiger partial charge in [-0.1, -0.05) is 28.4 Å². The maximum absolute atomic E-state index is 12.0. The Bertz CT molecular complexity index is 702. The third kappa shape index (κ3) is 3.62. The zero-order valence-corrected chi connectivity index (χ0v) is 12.1. The summed E-state index contributed by atoms with van der Waals surface area (Å²) in [6.45, 7) is 0. The first kappa shape index (κ1) is 15.1. The van der Waals surface area contributed by atoms with E-state index in [9.17, 15) is 4.79 Å². The first-order valence-corrected chi connectivity index (χ1v) is 6.47. The summed E-state index contributed by atoms with van der Waals surface area (Å²) in [5.41, 5.74) is 6.34. The van der Waals surface area contributed by atoms with E-state index in [4.69, 9.17) is 34.1 Å². The molecule has 1 aromatic carbocycles. The lowest BCUT2D eigenvalue weighted by Gasteiger charge is -2.07. The van der Waals surface area contributed by atoms with Crippen molar-refractivity contribution in [3.05, 3.63) is 57.8 Å². The third-order valence-electron chi connectivity index (χ3n) is 2.58. The highest BCUT2D eigenvalue weighted by molar-refractivity contribution is 6.35. The lowest BCUT2D eigenvalue weighted by Crippen LogP contribution is -2.16. The predicted molar refractivity (Wildman–Crippen MR) is 81.2 cm³/mol. The third-order valence-corrected chi connectivity index (χ3v) is 3.14. The Morgan fingerprint density at radius 3 is 2.67 bits per heavy atom. The number of amidine groups is 1. The highest BCUT2D eigenvalue weighted by atomic mass is 35.5. The molecule has 0 radical (unpaired) electrons. The van der Waals surface area contributed by atoms with Crippen LogP contribution in [0.1, 0.15) is 16.1 Å². The number of pyridine rings is 1. The van der Waals surface area contributed by atoms with Gasteiger partial charge < -0.3 is 16.3 Å². The minimum atomic E-state index is -0.453. The first-order valence-electron chi connectivity index (χ1n) is 5.71. The van der Waals surface area contributed by atoms with Gasteiger partial charge in [0.1, 0.15) is 5.69 Å². The molecular weight excluding hydrogens is 315 g/mol. The molecule has 2 rings (SSSR count). The van der Waals surface area contributed by atoms with Crippen LogP contribution in [-0.4, -0.2) is 21.9 Å². The second kappa shape index (κ2) is 6.43. The van der Waals surface area contributed by atoms with E-state index < -0.39 is 5.91 Å². The van der Waals surface area contributed by atoms with Gasteiger partial charge in [0.05, 0.1) is 10.7 Å². The molecule has 0 aliphatic rings. The molecule has 0 atom stereocenters. The van der Waals surface area contributed by atoms with Crippen molar-refractivity contribution in [3.63, 3.8) is 0 Å². The number of nitrogens with one attached hydrogen (secondary N) is 1. The van der Waals surface area contributed by atoms with E-state index in [1.165, 1.54) is 24.4 Å². The number of oxime groups is 1. The van der Waals surface area contributed by atoms with E-state index in [0.717, 1.165) is 0 Å². The number of anilines is 1. The van der Waals surface area contributed by atoms with Gasteiger partial charge in [-0.25, -0.2) is 0 Å². The molecule has 0 spiro atoms. The van der Waals surface area contributed by atoms with Gasteiger partial charge in [-0.15, -0.1) is 0 Å². The van der Waals surface area contributed by atoms with Crippen molar-refractivity contribution in [1.82, 2.24) is 4.98 Å². The van der Waals surface area contributed by atoms with Crippen molar-refractivity contribution in [2.45, 2.75) is 0 Å². The second-order valence-electron chi connectivity index (χ2n) is 4.00. The summed E-state index contributed by atoms with van der Waals surface area (Å²) < 4.78 is 0. The minimum Gasteiger partial charge on any atom is -0.409 e. The number of hydrogen-bond acceptors (Lipinski definition) is 4. The average molecular weight is 325 g/mol. The summed E-state index contributed by atoms with van der Waals surface area (Å²) in [5, 5.41) is 14.8. The largest absolute Gasteiger partial charge is 0.409 e. The lowest BCUT2D eigenvalue weighted by molar-refractivity contribution is 0.102. The van der Waals surface area contributed by atoms with E-state index in [0.29, 0.717) is 21.3 Å². The average Bonchev–Trinajstić information content (AvgIpc) is 2.50. The molecule has 108 valence electrons. The summed E-state index contributed by atoms with van der Waals surface area (Å²) in [7, 11) is 0. The van der Waals surface area contributed by atoms with E-state index in [1.54, 1.807) is 12.1 Å². The summed E-state index contributed by atoms with van der Waals surface area (Å²) in [4.78, 5) is 16.0. The van der Waals surface area contributed by atoms with Crippen LogP contribution in [0.4, 0.5) is 5.69 Å². The Balaban J connectivity index is 2.19. The molecule has 0 saturated carbocycles. The molecule has 1 aromatic heterocycles. The van der Waals surface area contributed by atoms with Crippen LogP contribution >= 0.6 is 23.2 Å². The topological polar surface area (TPSA) is 101 Å². The Morgan fingerprint density at radius 2 is 2.05 bits per heavy atom. The number of nitrogens with zero attached hydrogens (tertiary/aromatic N) is 2. The van der Waals surface area contributed by atoms with Gasteiger partial charge in [-0.05, 0) is 30.3 Å². The molecular formula is C13H10Cl2N4O2. The van der Waals surface area contributed by atoms with Crippen LogP contribution in [0, 0.1) is 0 Å². The zero-order valence-electron chi connectivity index (χ0n) is 10.5. The summed E-state index contributed by atoms with van der Waals surface area (Å²) in [6.07, 6.45) is 1.32. The van der Waals surface area contributed by atoms with Crippen LogP contribution < -0.4 is 11.1 Å². The zero-order chi connectivity index (χ0) is 15.4. The fourth-order valence-electron chi connectivity index (χ4n) is 1.52. The number of carbonyl (C=O) groups is 1. The molecule has 0 aliphatic carbocycles. The van der Waals surface area contributed by atoms with Crippen molar-refractivity contribution < 1.29 is 10.0 Å². The standard InChI is InChI=1S/C13H10Cl2N4O2/c14-8-2-3-9(15)11(5-8)18-13(20)10-4-1-7(6-17-10)12(16)19-21/h1-6,21H,(H2,16,19)(H,18,20). The molecule has 1 amide bonds. The number of halogens is 2. The van der Waals surface area contributed by atoms with Crippen LogP contribution in [0.15, 0.2) is 41.7 Å². The van der Waals surface area contributed by atoms with E-state index in [1.807, 2.05) is 0 Å². The van der Waals surface area contributed by atoms with Gasteiger partial charge in [0.2, 0.25) is 0 Å². The molecule has 0 unspecified atom stereocenters. The highest BCUT2D eigenvalue weighted by Crippen LogP contribution is 2.25. The molecule has 6 nitrogen and oxygen atoms in total. The van der Waals surface area contributed by atoms with E-state index >= 15 is 0 Å². The second-order valence-corrected chi connectivity index (χ2v) is 4.84. The minimum absolute atomic E-state index is 0.0904. The molecule has 0 bridgehead atoms. The van der Waals surface area contributed by atoms with Crippen LogP contribution in [0.2, 0.25) is 10.0 Å². The first-order chi connectivity index (χ1) is 10.0. The van der Waals surface area contributed by atoms with Crippen LogP contribution in [0.5, 0.6) is 0 Å². The van der Waals surface area contributed by atoms with Crippen LogP contribution in [0.25, 0.3) is 0 Å². The lowest BCUT2D eigenvalue weighted by atomic mass is 10.2. The van der Waals surface area contributed by atoms with Crippen LogP contribution in [-0.2, 0) is 0 Å². The molecule has 0 fully saturated rings. The summed E-state index contributed by atoms with van der Waals surface area (Å²) in [5.74, 6) is -0.544. The van der Waals surface area contributed by atoms with E-state index in [2.05, 4.69) is 15.5 Å². The Morgan fingerprint density at radius 1 is 1.29 bits per heavy atom. The molecule has 0 aliphatic heterocycles. The summed E-state index contributed by atoms with van der Waals surface area (Å²) in [6, 6.07) is 7.68. The fourth-order valence-corrected chi connectivity index (χ4v) is 1.85. The number of amides is 1. The van der Waals surface area contributed by atoms with Crippen molar-refractivity contribution in [2.75, 3.05) is 5.32 Å². The number of nitrogens with two attached hydrogens (primary N) is 1. The number of carbonyl (C=O) groups excluding carboxylic acids is 1. The van der Waals surface area contributed by atoms with Crippen molar-refractivity contribution >= 4 is 40.6 Å². The monoisotopic (exact) mass is 324 g/mol. The molecule has 4 N–H and O–H groups in total. The van der Waals surface area contributed by atoms with Crippen molar-refractivity contribution in [2.24, 2.45) is 10.9 Å². The fraction of sp³-hybridized carbons (Fsp3) is 0. The van der Waals surface area contributed by atoms with E-state index in [-0.39, 0.29) is 11.5 Å². The molecule has 21 heavy (non-hydrogen) atoms. The highest BCUT2D eigenvalue weighted by Gasteiger charge is 2.11. The Hall–Kier alpha value is -2.31. The maximum atomic E-state index is 12.0. The van der Waals surface area contributed by atoms with Gasteiger partial charge in [-0.2, -0.15) is 0 Å². The Kier molecular flexibility index (Phi) is 4.62. The number of rotatable bonds is 3. The van der Waals surface area contributed by atoms with Gasteiger partial charge in [0.15, 0.2) is 5.84 Å².